The normalized spacial score (nSPS) is 11.5. The molecule has 0 N–H and O–H groups in total. The molecular weight excluding hydrogens is 436 g/mol. The van der Waals surface area contributed by atoms with Gasteiger partial charge >= 0.3 is 0 Å². The third kappa shape index (κ3) is 3.30. The van der Waals surface area contributed by atoms with Gasteiger partial charge in [-0.1, -0.05) is 97.1 Å². The minimum Gasteiger partial charge on any atom is -0.239 e. The van der Waals surface area contributed by atoms with E-state index in [1.165, 1.54) is 54.6 Å². The Morgan fingerprint density at radius 3 is 1.64 bits per heavy atom. The summed E-state index contributed by atoms with van der Waals surface area (Å²) in [4.78, 5) is 0. The highest BCUT2D eigenvalue weighted by Gasteiger charge is 2.17. The fourth-order valence-electron chi connectivity index (χ4n) is 5.50. The van der Waals surface area contributed by atoms with Crippen molar-refractivity contribution >= 4 is 32.3 Å². The maximum absolute atomic E-state index is 2.33. The second-order valence-corrected chi connectivity index (χ2v) is 9.44. The number of hydrogen-bond acceptors (Lipinski definition) is 0. The van der Waals surface area contributed by atoms with Crippen molar-refractivity contribution in [2.75, 3.05) is 0 Å². The Bertz CT molecular complexity index is 1830. The van der Waals surface area contributed by atoms with Crippen molar-refractivity contribution in [3.8, 4) is 27.9 Å². The van der Waals surface area contributed by atoms with Gasteiger partial charge in [-0.15, -0.1) is 0 Å². The SMILES string of the molecule is C[n+]1ccn(-c2ccc(-c3c4ccccc4c(-c4ccc5ccccc5c4)c4ccccc34)cc2)c1. The topological polar surface area (TPSA) is 8.81 Å². The molecule has 2 heteroatoms. The van der Waals surface area contributed by atoms with E-state index in [-0.39, 0.29) is 0 Å². The summed E-state index contributed by atoms with van der Waals surface area (Å²) in [6.07, 6.45) is 6.22. The maximum atomic E-state index is 2.33. The molecule has 0 fully saturated rings. The highest BCUT2D eigenvalue weighted by atomic mass is 15.1. The number of fused-ring (bicyclic) bond motifs is 3. The average Bonchev–Trinajstić information content (AvgIpc) is 3.37. The van der Waals surface area contributed by atoms with Crippen LogP contribution in [0.5, 0.6) is 0 Å². The first-order valence-electron chi connectivity index (χ1n) is 12.3. The van der Waals surface area contributed by atoms with Crippen LogP contribution in [0, 0.1) is 0 Å². The van der Waals surface area contributed by atoms with Crippen LogP contribution in [0.25, 0.3) is 60.3 Å². The second kappa shape index (κ2) is 8.21. The number of benzene rings is 6. The quantitative estimate of drug-likeness (QED) is 0.186. The van der Waals surface area contributed by atoms with Gasteiger partial charge in [0.2, 0.25) is 6.33 Å². The van der Waals surface area contributed by atoms with E-state index < -0.39 is 0 Å². The predicted molar refractivity (Wildman–Crippen MR) is 150 cm³/mol. The van der Waals surface area contributed by atoms with Crippen LogP contribution in [0.15, 0.2) is 134 Å². The van der Waals surface area contributed by atoms with Crippen molar-refractivity contribution in [3.05, 3.63) is 134 Å². The first-order chi connectivity index (χ1) is 17.8. The zero-order valence-electron chi connectivity index (χ0n) is 20.1. The molecule has 170 valence electrons. The number of hydrogen-bond donors (Lipinski definition) is 0. The van der Waals surface area contributed by atoms with Crippen LogP contribution in [-0.2, 0) is 7.05 Å². The lowest BCUT2D eigenvalue weighted by Gasteiger charge is -2.18. The molecule has 0 amide bonds. The zero-order chi connectivity index (χ0) is 24.1. The Kier molecular flexibility index (Phi) is 4.71. The van der Waals surface area contributed by atoms with Crippen LogP contribution in [0.4, 0.5) is 0 Å². The van der Waals surface area contributed by atoms with Crippen LogP contribution in [0.3, 0.4) is 0 Å². The average molecular weight is 462 g/mol. The molecule has 36 heavy (non-hydrogen) atoms. The lowest BCUT2D eigenvalue weighted by molar-refractivity contribution is -0.670. The van der Waals surface area contributed by atoms with Crippen molar-refractivity contribution < 1.29 is 4.57 Å². The smallest absolute Gasteiger partial charge is 0.239 e. The molecule has 7 aromatic rings. The largest absolute Gasteiger partial charge is 0.248 e. The number of rotatable bonds is 3. The minimum absolute atomic E-state index is 1.15. The third-order valence-electron chi connectivity index (χ3n) is 7.19. The Hall–Kier alpha value is -4.69. The molecule has 0 aliphatic rings. The van der Waals surface area contributed by atoms with Crippen molar-refractivity contribution in [1.82, 2.24) is 4.57 Å². The Balaban J connectivity index is 1.50. The fraction of sp³-hybridized carbons (Fsp3) is 0.0294. The van der Waals surface area contributed by atoms with Gasteiger partial charge in [0.25, 0.3) is 0 Å². The zero-order valence-corrected chi connectivity index (χ0v) is 20.1. The highest BCUT2D eigenvalue weighted by Crippen LogP contribution is 2.44. The molecule has 0 spiro atoms. The molecule has 0 aliphatic carbocycles. The first kappa shape index (κ1) is 20.7. The molecule has 0 saturated heterocycles. The molecule has 2 nitrogen and oxygen atoms in total. The van der Waals surface area contributed by atoms with Gasteiger partial charge in [0.15, 0.2) is 0 Å². The molecule has 0 atom stereocenters. The van der Waals surface area contributed by atoms with Gasteiger partial charge < -0.3 is 0 Å². The van der Waals surface area contributed by atoms with Gasteiger partial charge in [-0.2, -0.15) is 0 Å². The van der Waals surface area contributed by atoms with Gasteiger partial charge in [-0.25, -0.2) is 9.13 Å². The van der Waals surface area contributed by atoms with Crippen LogP contribution < -0.4 is 4.57 Å². The summed E-state index contributed by atoms with van der Waals surface area (Å²) in [5.41, 5.74) is 6.22. The summed E-state index contributed by atoms with van der Waals surface area (Å²) < 4.78 is 4.20. The van der Waals surface area contributed by atoms with Crippen molar-refractivity contribution in [2.45, 2.75) is 0 Å². The van der Waals surface area contributed by atoms with E-state index in [9.17, 15) is 0 Å². The van der Waals surface area contributed by atoms with Crippen LogP contribution in [-0.4, -0.2) is 4.57 Å². The number of nitrogens with zero attached hydrogens (tertiary/aromatic N) is 2. The van der Waals surface area contributed by atoms with Crippen molar-refractivity contribution in [2.24, 2.45) is 7.05 Å². The first-order valence-corrected chi connectivity index (χ1v) is 12.3. The number of aryl methyl sites for hydroxylation is 1. The van der Waals surface area contributed by atoms with Crippen LogP contribution >= 0.6 is 0 Å². The van der Waals surface area contributed by atoms with Gasteiger partial charge in [0, 0.05) is 0 Å². The molecule has 0 bridgehead atoms. The second-order valence-electron chi connectivity index (χ2n) is 9.44. The standard InChI is InChI=1S/C34H25N2/c1-35-20-21-36(23-35)28-18-16-25(17-19-28)33-29-10-4-6-12-31(29)34(32-13-7-5-11-30(32)33)27-15-14-24-8-2-3-9-26(24)22-27/h2-23H,1H3/q+1. The lowest BCUT2D eigenvalue weighted by Crippen LogP contribution is -2.23. The summed E-state index contributed by atoms with van der Waals surface area (Å²) in [6, 6.07) is 42.0. The van der Waals surface area contributed by atoms with Crippen molar-refractivity contribution in [1.29, 1.82) is 0 Å². The monoisotopic (exact) mass is 461 g/mol. The fourth-order valence-corrected chi connectivity index (χ4v) is 5.50. The van der Waals surface area contributed by atoms with Crippen molar-refractivity contribution in [3.63, 3.8) is 0 Å². The molecule has 7 rings (SSSR count). The van der Waals surface area contributed by atoms with Gasteiger partial charge in [-0.3, -0.25) is 0 Å². The van der Waals surface area contributed by atoms with Gasteiger partial charge in [0.05, 0.1) is 7.05 Å². The Morgan fingerprint density at radius 2 is 1.06 bits per heavy atom. The van der Waals surface area contributed by atoms with E-state index in [1.807, 2.05) is 7.05 Å². The van der Waals surface area contributed by atoms with E-state index in [0.717, 1.165) is 5.69 Å². The van der Waals surface area contributed by atoms with Crippen LogP contribution in [0.2, 0.25) is 0 Å². The Morgan fingerprint density at radius 1 is 0.528 bits per heavy atom. The van der Waals surface area contributed by atoms with E-state index in [1.54, 1.807) is 0 Å². The van der Waals surface area contributed by atoms with Gasteiger partial charge in [0.1, 0.15) is 18.1 Å². The lowest BCUT2D eigenvalue weighted by atomic mass is 9.85. The van der Waals surface area contributed by atoms with Gasteiger partial charge in [-0.05, 0) is 72.8 Å². The van der Waals surface area contributed by atoms with E-state index in [0.29, 0.717) is 0 Å². The molecule has 0 radical (unpaired) electrons. The minimum atomic E-state index is 1.15. The number of aromatic nitrogens is 2. The molecule has 6 aromatic carbocycles. The molecule has 1 aromatic heterocycles. The predicted octanol–water partition coefficient (Wildman–Crippen LogP) is 8.10. The number of imidazole rings is 1. The molecular formula is C34H25N2+. The van der Waals surface area contributed by atoms with Crippen LogP contribution in [0.1, 0.15) is 0 Å². The summed E-state index contributed by atoms with van der Waals surface area (Å²) in [5, 5.41) is 7.65. The maximum Gasteiger partial charge on any atom is 0.248 e. The van der Waals surface area contributed by atoms with E-state index >= 15 is 0 Å². The molecule has 0 aliphatic heterocycles. The summed E-state index contributed by atoms with van der Waals surface area (Å²) in [6.45, 7) is 0. The third-order valence-corrected chi connectivity index (χ3v) is 7.19. The highest BCUT2D eigenvalue weighted by molar-refractivity contribution is 6.21. The molecule has 1 heterocycles. The van der Waals surface area contributed by atoms with E-state index in [2.05, 4.69) is 143 Å². The Labute approximate surface area is 210 Å². The summed E-state index contributed by atoms with van der Waals surface area (Å²) >= 11 is 0. The summed E-state index contributed by atoms with van der Waals surface area (Å²) in [5.74, 6) is 0. The molecule has 0 unspecified atom stereocenters. The summed E-state index contributed by atoms with van der Waals surface area (Å²) in [7, 11) is 2.04. The molecule has 0 saturated carbocycles. The van der Waals surface area contributed by atoms with E-state index in [4.69, 9.17) is 0 Å².